The van der Waals surface area contributed by atoms with Crippen molar-refractivity contribution in [2.75, 3.05) is 33.4 Å². The number of carbonyl (C=O) groups is 1. The Balaban J connectivity index is 0.00000145. The van der Waals surface area contributed by atoms with Gasteiger partial charge >= 0.3 is 6.09 Å². The number of amides is 1. The number of hydrogen-bond donors (Lipinski definition) is 1. The largest absolute Gasteiger partial charge is 0.444 e. The van der Waals surface area contributed by atoms with Gasteiger partial charge in [0.05, 0.1) is 0 Å². The molecule has 166 valence electrons. The van der Waals surface area contributed by atoms with E-state index in [0.29, 0.717) is 37.0 Å². The molecule has 29 heavy (non-hydrogen) atoms. The van der Waals surface area contributed by atoms with Crippen LogP contribution in [0, 0.1) is 17.8 Å². The smallest absolute Gasteiger partial charge is 0.410 e. The van der Waals surface area contributed by atoms with E-state index in [0.717, 1.165) is 19.5 Å². The first kappa shape index (κ1) is 23.6. The molecule has 1 amide bonds. The minimum Gasteiger partial charge on any atom is -0.444 e. The van der Waals surface area contributed by atoms with Gasteiger partial charge in [0, 0.05) is 63.4 Å². The highest BCUT2D eigenvalue weighted by Crippen LogP contribution is 2.45. The van der Waals surface area contributed by atoms with Gasteiger partial charge in [-0.15, -0.1) is 0 Å². The lowest BCUT2D eigenvalue weighted by atomic mass is 10.1. The minimum atomic E-state index is -0.455. The van der Waals surface area contributed by atoms with Crippen molar-refractivity contribution in [3.05, 3.63) is 0 Å². The molecular weight excluding hydrogens is 372 g/mol. The lowest BCUT2D eigenvalue weighted by Gasteiger charge is -2.26. The van der Waals surface area contributed by atoms with Crippen molar-refractivity contribution >= 4 is 18.3 Å². The average Bonchev–Trinajstić information content (AvgIpc) is 3.20. The Kier molecular flexibility index (Phi) is 8.46. The standard InChI is InChI=1S/C19H32N4O4.C2H6/c1-6-26-16(25-5)12-7-8-20-17(21-9-12)22-15-13-10-23(11-14(13)15)18(24)27-19(2,3)4;1-2/h9,12-16H,6-8,10-11H2,1-5H3,(H,20,22);1-2H3. The highest BCUT2D eigenvalue weighted by Gasteiger charge is 2.57. The third kappa shape index (κ3) is 6.40. The van der Waals surface area contributed by atoms with Crippen LogP contribution in [-0.2, 0) is 14.2 Å². The Labute approximate surface area is 175 Å². The topological polar surface area (TPSA) is 84.8 Å². The first-order chi connectivity index (χ1) is 13.8. The summed E-state index contributed by atoms with van der Waals surface area (Å²) in [5.74, 6) is 1.67. The molecule has 1 saturated heterocycles. The fourth-order valence-corrected chi connectivity index (χ4v) is 3.79. The molecule has 2 fully saturated rings. The number of carbonyl (C=O) groups excluding carboxylic acids is 1. The molecule has 1 N–H and O–H groups in total. The predicted octanol–water partition coefficient (Wildman–Crippen LogP) is 2.92. The van der Waals surface area contributed by atoms with Crippen LogP contribution >= 0.6 is 0 Å². The van der Waals surface area contributed by atoms with E-state index in [1.807, 2.05) is 47.8 Å². The molecule has 3 rings (SSSR count). The highest BCUT2D eigenvalue weighted by molar-refractivity contribution is 5.89. The molecular formula is C21H38N4O4. The number of guanidine groups is 1. The van der Waals surface area contributed by atoms with E-state index in [9.17, 15) is 4.79 Å². The summed E-state index contributed by atoms with van der Waals surface area (Å²) in [7, 11) is 1.65. The maximum Gasteiger partial charge on any atom is 0.410 e. The van der Waals surface area contributed by atoms with Crippen LogP contribution in [0.3, 0.4) is 0 Å². The molecule has 3 aliphatic rings. The van der Waals surface area contributed by atoms with Gasteiger partial charge in [0.2, 0.25) is 5.96 Å². The number of ether oxygens (including phenoxy) is 3. The molecule has 1 saturated carbocycles. The minimum absolute atomic E-state index is 0.0966. The quantitative estimate of drug-likeness (QED) is 0.705. The van der Waals surface area contributed by atoms with Crippen LogP contribution in [0.1, 0.15) is 48.0 Å². The third-order valence-corrected chi connectivity index (χ3v) is 5.17. The molecule has 0 radical (unpaired) electrons. The number of methoxy groups -OCH3 is 1. The second-order valence-electron chi connectivity index (χ2n) is 8.38. The second kappa shape index (κ2) is 10.4. The molecule has 1 aliphatic carbocycles. The number of fused-ring (bicyclic) bond motifs is 1. The number of likely N-dealkylation sites (tertiary alicyclic amines) is 1. The van der Waals surface area contributed by atoms with Gasteiger partial charge < -0.3 is 24.4 Å². The molecule has 8 heteroatoms. The van der Waals surface area contributed by atoms with Gasteiger partial charge in [-0.3, -0.25) is 4.99 Å². The van der Waals surface area contributed by atoms with Crippen molar-refractivity contribution in [3.8, 4) is 0 Å². The molecule has 0 aromatic carbocycles. The Morgan fingerprint density at radius 1 is 1.31 bits per heavy atom. The molecule has 4 atom stereocenters. The van der Waals surface area contributed by atoms with E-state index < -0.39 is 5.60 Å². The second-order valence-corrected chi connectivity index (χ2v) is 8.38. The number of piperidine rings is 1. The van der Waals surface area contributed by atoms with E-state index in [2.05, 4.69) is 15.3 Å². The lowest BCUT2D eigenvalue weighted by Crippen LogP contribution is -2.40. The summed E-state index contributed by atoms with van der Waals surface area (Å²) >= 11 is 0. The van der Waals surface area contributed by atoms with Crippen LogP contribution in [0.4, 0.5) is 4.79 Å². The van der Waals surface area contributed by atoms with E-state index >= 15 is 0 Å². The Morgan fingerprint density at radius 2 is 1.97 bits per heavy atom. The predicted molar refractivity (Wildman–Crippen MR) is 114 cm³/mol. The number of nitrogens with one attached hydrogen (secondary N) is 1. The number of aliphatic imine (C=N–C) groups is 2. The SMILES string of the molecule is CC.CCOC(OC)C1C=NC(NC2C3CN(C(=O)OC(C)(C)C)CC32)=NCC1. The van der Waals surface area contributed by atoms with Crippen molar-refractivity contribution < 1.29 is 19.0 Å². The fraction of sp³-hybridized carbons (Fsp3) is 0.857. The van der Waals surface area contributed by atoms with E-state index in [1.54, 1.807) is 12.0 Å². The van der Waals surface area contributed by atoms with Crippen LogP contribution in [0.2, 0.25) is 0 Å². The number of nitrogens with zero attached hydrogens (tertiary/aromatic N) is 3. The summed E-state index contributed by atoms with van der Waals surface area (Å²) in [5.41, 5.74) is -0.455. The van der Waals surface area contributed by atoms with Gasteiger partial charge in [0.15, 0.2) is 6.29 Å². The normalized spacial score (nSPS) is 29.1. The molecule has 0 aromatic rings. The summed E-state index contributed by atoms with van der Waals surface area (Å²) in [6.07, 6.45) is 2.23. The first-order valence-electron chi connectivity index (χ1n) is 10.8. The average molecular weight is 411 g/mol. The van der Waals surface area contributed by atoms with Gasteiger partial charge in [0.1, 0.15) is 5.60 Å². The Bertz CT molecular complexity index is 590. The molecule has 0 bridgehead atoms. The zero-order chi connectivity index (χ0) is 21.6. The van der Waals surface area contributed by atoms with Crippen LogP contribution in [0.5, 0.6) is 0 Å². The van der Waals surface area contributed by atoms with Crippen molar-refractivity contribution in [2.24, 2.45) is 27.7 Å². The molecule has 0 aromatic heterocycles. The van der Waals surface area contributed by atoms with Crippen molar-refractivity contribution in [3.63, 3.8) is 0 Å². The highest BCUT2D eigenvalue weighted by atomic mass is 16.7. The van der Waals surface area contributed by atoms with E-state index in [1.165, 1.54) is 0 Å². The zero-order valence-corrected chi connectivity index (χ0v) is 19.0. The Morgan fingerprint density at radius 3 is 2.52 bits per heavy atom. The molecule has 8 nitrogen and oxygen atoms in total. The van der Waals surface area contributed by atoms with Gasteiger partial charge in [0.25, 0.3) is 0 Å². The van der Waals surface area contributed by atoms with Gasteiger partial charge in [-0.1, -0.05) is 13.8 Å². The summed E-state index contributed by atoms with van der Waals surface area (Å²) in [6, 6.07) is 0.334. The zero-order valence-electron chi connectivity index (χ0n) is 19.0. The first-order valence-corrected chi connectivity index (χ1v) is 10.8. The van der Waals surface area contributed by atoms with Gasteiger partial charge in [-0.25, -0.2) is 9.79 Å². The van der Waals surface area contributed by atoms with E-state index in [-0.39, 0.29) is 18.3 Å². The van der Waals surface area contributed by atoms with Gasteiger partial charge in [-0.2, -0.15) is 0 Å². The maximum absolute atomic E-state index is 12.2. The lowest BCUT2D eigenvalue weighted by molar-refractivity contribution is -0.138. The van der Waals surface area contributed by atoms with E-state index in [4.69, 9.17) is 14.2 Å². The monoisotopic (exact) mass is 410 g/mol. The molecule has 0 spiro atoms. The number of rotatable bonds is 5. The maximum atomic E-state index is 12.2. The molecule has 4 unspecified atom stereocenters. The summed E-state index contributed by atoms with van der Waals surface area (Å²) in [5, 5.41) is 3.44. The van der Waals surface area contributed by atoms with Gasteiger partial charge in [-0.05, 0) is 34.1 Å². The summed E-state index contributed by atoms with van der Waals surface area (Å²) in [6.45, 7) is 14.4. The van der Waals surface area contributed by atoms with Crippen LogP contribution in [-0.4, -0.2) is 74.5 Å². The van der Waals surface area contributed by atoms with Crippen molar-refractivity contribution in [1.29, 1.82) is 0 Å². The fourth-order valence-electron chi connectivity index (χ4n) is 3.79. The van der Waals surface area contributed by atoms with Crippen LogP contribution in [0.25, 0.3) is 0 Å². The van der Waals surface area contributed by atoms with Crippen LogP contribution in [0.15, 0.2) is 9.98 Å². The summed E-state index contributed by atoms with van der Waals surface area (Å²) < 4.78 is 16.5. The molecule has 2 heterocycles. The number of hydrogen-bond acceptors (Lipinski definition) is 7. The third-order valence-electron chi connectivity index (χ3n) is 5.17. The Hall–Kier alpha value is -1.67. The van der Waals surface area contributed by atoms with Crippen molar-refractivity contribution in [1.82, 2.24) is 10.2 Å². The van der Waals surface area contributed by atoms with Crippen molar-refractivity contribution in [2.45, 2.75) is 65.9 Å². The van der Waals surface area contributed by atoms with Crippen LogP contribution < -0.4 is 5.32 Å². The summed E-state index contributed by atoms with van der Waals surface area (Å²) in [4.78, 5) is 23.0. The molecule has 2 aliphatic heterocycles.